The van der Waals surface area contributed by atoms with Crippen LogP contribution in [-0.4, -0.2) is 14.8 Å². The van der Waals surface area contributed by atoms with Gasteiger partial charge in [-0.1, -0.05) is 0 Å². The van der Waals surface area contributed by atoms with E-state index in [1.807, 2.05) is 24.0 Å². The quantitative estimate of drug-likeness (QED) is 0.863. The Morgan fingerprint density at radius 3 is 2.88 bits per heavy atom. The Morgan fingerprint density at radius 2 is 2.25 bits per heavy atom. The van der Waals surface area contributed by atoms with E-state index in [9.17, 15) is 0 Å². The van der Waals surface area contributed by atoms with Crippen molar-refractivity contribution in [1.82, 2.24) is 20.1 Å². The summed E-state index contributed by atoms with van der Waals surface area (Å²) in [6.07, 6.45) is 5.92. The third-order valence-corrected chi connectivity index (χ3v) is 3.22. The van der Waals surface area contributed by atoms with Gasteiger partial charge in [-0.25, -0.2) is 4.98 Å². The lowest BCUT2D eigenvalue weighted by molar-refractivity contribution is 0.656. The molecule has 0 aliphatic carbocycles. The van der Waals surface area contributed by atoms with Gasteiger partial charge in [-0.2, -0.15) is 5.10 Å². The smallest absolute Gasteiger partial charge is 0.0897 e. The second-order valence-corrected chi connectivity index (χ2v) is 4.97. The van der Waals surface area contributed by atoms with Crippen molar-refractivity contribution in [3.63, 3.8) is 0 Å². The van der Waals surface area contributed by atoms with Crippen LogP contribution in [0.1, 0.15) is 22.4 Å². The van der Waals surface area contributed by atoms with Gasteiger partial charge in [0.1, 0.15) is 0 Å². The molecule has 86 valence electrons. The van der Waals surface area contributed by atoms with Crippen LogP contribution in [0.2, 0.25) is 0 Å². The first kappa shape index (κ1) is 11.3. The summed E-state index contributed by atoms with van der Waals surface area (Å²) < 4.78 is 1.94. The first-order chi connectivity index (χ1) is 7.78. The van der Waals surface area contributed by atoms with Gasteiger partial charge in [0.15, 0.2) is 0 Å². The highest BCUT2D eigenvalue weighted by molar-refractivity contribution is 7.11. The van der Waals surface area contributed by atoms with Gasteiger partial charge in [-0.3, -0.25) is 4.68 Å². The molecule has 0 saturated carbocycles. The average Bonchev–Trinajstić information content (AvgIpc) is 2.88. The molecule has 0 aliphatic rings. The fraction of sp³-hybridized carbons (Fsp3) is 0.455. The van der Waals surface area contributed by atoms with Crippen LogP contribution in [0.25, 0.3) is 0 Å². The van der Waals surface area contributed by atoms with E-state index in [0.29, 0.717) is 0 Å². The molecule has 0 spiro atoms. The van der Waals surface area contributed by atoms with Crippen LogP contribution in [-0.2, 0) is 19.6 Å². The Hall–Kier alpha value is -1.20. The highest BCUT2D eigenvalue weighted by atomic mass is 32.1. The zero-order valence-corrected chi connectivity index (χ0v) is 10.4. The molecule has 4 nitrogen and oxygen atoms in total. The van der Waals surface area contributed by atoms with Gasteiger partial charge in [0.25, 0.3) is 0 Å². The summed E-state index contributed by atoms with van der Waals surface area (Å²) in [5, 5.41) is 8.74. The van der Waals surface area contributed by atoms with Crippen molar-refractivity contribution < 1.29 is 0 Å². The average molecular weight is 236 g/mol. The van der Waals surface area contributed by atoms with Gasteiger partial charge in [-0.05, 0) is 13.8 Å². The van der Waals surface area contributed by atoms with Crippen molar-refractivity contribution in [3.05, 3.63) is 34.0 Å². The molecule has 0 aromatic carbocycles. The maximum absolute atomic E-state index is 4.23. The standard InChI is InChI=1S/C11H16N4S/c1-3-15-8-10(5-14-15)4-12-6-11-7-13-9(2)16-11/h5,7-8,12H,3-4,6H2,1-2H3. The minimum absolute atomic E-state index is 0.858. The fourth-order valence-electron chi connectivity index (χ4n) is 1.49. The molecule has 16 heavy (non-hydrogen) atoms. The lowest BCUT2D eigenvalue weighted by Crippen LogP contribution is -2.11. The highest BCUT2D eigenvalue weighted by Gasteiger charge is 1.99. The maximum Gasteiger partial charge on any atom is 0.0897 e. The number of rotatable bonds is 5. The summed E-state index contributed by atoms with van der Waals surface area (Å²) in [5.41, 5.74) is 1.23. The van der Waals surface area contributed by atoms with Crippen molar-refractivity contribution in [2.45, 2.75) is 33.5 Å². The van der Waals surface area contributed by atoms with Gasteiger partial charge in [0.2, 0.25) is 0 Å². The predicted octanol–water partition coefficient (Wildman–Crippen LogP) is 1.96. The van der Waals surface area contributed by atoms with Crippen molar-refractivity contribution in [1.29, 1.82) is 0 Å². The predicted molar refractivity (Wildman–Crippen MR) is 65.3 cm³/mol. The number of hydrogen-bond donors (Lipinski definition) is 1. The summed E-state index contributed by atoms with van der Waals surface area (Å²) in [7, 11) is 0. The van der Waals surface area contributed by atoms with Gasteiger partial charge in [0, 0.05) is 42.5 Å². The Kier molecular flexibility index (Phi) is 3.69. The van der Waals surface area contributed by atoms with Crippen LogP contribution in [0.4, 0.5) is 0 Å². The van der Waals surface area contributed by atoms with Crippen molar-refractivity contribution in [2.75, 3.05) is 0 Å². The van der Waals surface area contributed by atoms with Gasteiger partial charge in [-0.15, -0.1) is 11.3 Å². The normalized spacial score (nSPS) is 10.9. The van der Waals surface area contributed by atoms with Gasteiger partial charge < -0.3 is 5.32 Å². The largest absolute Gasteiger partial charge is 0.308 e. The fourth-order valence-corrected chi connectivity index (χ4v) is 2.25. The zero-order chi connectivity index (χ0) is 11.4. The van der Waals surface area contributed by atoms with Crippen LogP contribution in [0.5, 0.6) is 0 Å². The third kappa shape index (κ3) is 2.90. The van der Waals surface area contributed by atoms with Crippen molar-refractivity contribution in [2.24, 2.45) is 0 Å². The lowest BCUT2D eigenvalue weighted by Gasteiger charge is -1.99. The van der Waals surface area contributed by atoms with Gasteiger partial charge >= 0.3 is 0 Å². The molecule has 1 N–H and O–H groups in total. The zero-order valence-electron chi connectivity index (χ0n) is 9.60. The van der Waals surface area contributed by atoms with Crippen LogP contribution >= 0.6 is 11.3 Å². The topological polar surface area (TPSA) is 42.7 Å². The number of aromatic nitrogens is 3. The minimum atomic E-state index is 0.858. The Bertz CT molecular complexity index is 446. The number of thiazole rings is 1. The molecular formula is C11H16N4S. The Morgan fingerprint density at radius 1 is 1.38 bits per heavy atom. The Labute approximate surface area is 99.3 Å². The Balaban J connectivity index is 1.79. The molecule has 0 saturated heterocycles. The van der Waals surface area contributed by atoms with E-state index in [2.05, 4.69) is 28.5 Å². The SMILES string of the molecule is CCn1cc(CNCc2cnc(C)s2)cn1. The molecule has 0 aliphatic heterocycles. The molecule has 5 heteroatoms. The number of nitrogens with one attached hydrogen (secondary N) is 1. The molecule has 2 aromatic heterocycles. The molecule has 0 atom stereocenters. The van der Waals surface area contributed by atoms with E-state index in [0.717, 1.165) is 24.6 Å². The summed E-state index contributed by atoms with van der Waals surface area (Å²) in [5.74, 6) is 0. The molecule has 2 aromatic rings. The lowest BCUT2D eigenvalue weighted by atomic mass is 10.3. The second-order valence-electron chi connectivity index (χ2n) is 3.65. The highest BCUT2D eigenvalue weighted by Crippen LogP contribution is 2.10. The summed E-state index contributed by atoms with van der Waals surface area (Å²) in [4.78, 5) is 5.50. The van der Waals surface area contributed by atoms with E-state index in [1.54, 1.807) is 11.3 Å². The molecule has 0 bridgehead atoms. The monoisotopic (exact) mass is 236 g/mol. The first-order valence-electron chi connectivity index (χ1n) is 5.41. The third-order valence-electron chi connectivity index (χ3n) is 2.31. The van der Waals surface area contributed by atoms with Crippen LogP contribution in [0.15, 0.2) is 18.6 Å². The van der Waals surface area contributed by atoms with E-state index < -0.39 is 0 Å². The maximum atomic E-state index is 4.23. The molecule has 2 rings (SSSR count). The van der Waals surface area contributed by atoms with E-state index >= 15 is 0 Å². The summed E-state index contributed by atoms with van der Waals surface area (Å²) in [6.45, 7) is 6.78. The molecule has 0 unspecified atom stereocenters. The van der Waals surface area contributed by atoms with Crippen LogP contribution in [0, 0.1) is 6.92 Å². The molecule has 0 radical (unpaired) electrons. The summed E-state index contributed by atoms with van der Waals surface area (Å²) in [6, 6.07) is 0. The van der Waals surface area contributed by atoms with Crippen molar-refractivity contribution in [3.8, 4) is 0 Å². The second kappa shape index (κ2) is 5.23. The molecular weight excluding hydrogens is 220 g/mol. The summed E-state index contributed by atoms with van der Waals surface area (Å²) >= 11 is 1.74. The molecule has 2 heterocycles. The molecule has 0 fully saturated rings. The number of aryl methyl sites for hydroxylation is 2. The van der Waals surface area contributed by atoms with Crippen molar-refractivity contribution >= 4 is 11.3 Å². The van der Waals surface area contributed by atoms with Gasteiger partial charge in [0.05, 0.1) is 11.2 Å². The van der Waals surface area contributed by atoms with Crippen LogP contribution < -0.4 is 5.32 Å². The number of nitrogens with zero attached hydrogens (tertiary/aromatic N) is 3. The first-order valence-corrected chi connectivity index (χ1v) is 6.23. The number of hydrogen-bond acceptors (Lipinski definition) is 4. The van der Waals surface area contributed by atoms with Crippen LogP contribution in [0.3, 0.4) is 0 Å². The minimum Gasteiger partial charge on any atom is -0.308 e. The van der Waals surface area contributed by atoms with E-state index in [-0.39, 0.29) is 0 Å². The van der Waals surface area contributed by atoms with E-state index in [4.69, 9.17) is 0 Å². The van der Waals surface area contributed by atoms with E-state index in [1.165, 1.54) is 10.4 Å². The molecule has 0 amide bonds.